The molecule has 2 atom stereocenters. The quantitative estimate of drug-likeness (QED) is 0.716. The van der Waals surface area contributed by atoms with E-state index in [9.17, 15) is 0 Å². The molecule has 0 fully saturated rings. The molecule has 0 aliphatic rings. The Labute approximate surface area is 131 Å². The molecular formula is C19H34N2. The summed E-state index contributed by atoms with van der Waals surface area (Å²) in [6.45, 7) is 13.3. The molecule has 2 nitrogen and oxygen atoms in total. The summed E-state index contributed by atoms with van der Waals surface area (Å²) in [5.74, 6) is 0.601. The molecule has 2 unspecified atom stereocenters. The lowest BCUT2D eigenvalue weighted by Crippen LogP contribution is -2.37. The van der Waals surface area contributed by atoms with E-state index < -0.39 is 0 Å². The first-order chi connectivity index (χ1) is 9.99. The molecule has 1 aromatic rings. The molecule has 0 heterocycles. The first-order valence-electron chi connectivity index (χ1n) is 8.53. The zero-order valence-electron chi connectivity index (χ0n) is 14.8. The maximum atomic E-state index is 3.63. The molecule has 0 aliphatic carbocycles. The SMILES string of the molecule is CCCC(C)N(C)CC(NCC)c1ccc(C(C)C)cc1. The van der Waals surface area contributed by atoms with E-state index in [1.54, 1.807) is 0 Å². The summed E-state index contributed by atoms with van der Waals surface area (Å²) in [5, 5.41) is 3.63. The van der Waals surface area contributed by atoms with Gasteiger partial charge in [-0.1, -0.05) is 58.4 Å². The third-order valence-electron chi connectivity index (χ3n) is 4.39. The normalized spacial score (nSPS) is 14.7. The first-order valence-corrected chi connectivity index (χ1v) is 8.53. The Balaban J connectivity index is 2.76. The minimum Gasteiger partial charge on any atom is -0.309 e. The van der Waals surface area contributed by atoms with Crippen LogP contribution in [0.15, 0.2) is 24.3 Å². The molecule has 1 rings (SSSR count). The van der Waals surface area contributed by atoms with Gasteiger partial charge in [-0.2, -0.15) is 0 Å². The zero-order valence-corrected chi connectivity index (χ0v) is 14.8. The molecule has 1 N–H and O–H groups in total. The van der Waals surface area contributed by atoms with Gasteiger partial charge in [-0.25, -0.2) is 0 Å². The van der Waals surface area contributed by atoms with Crippen molar-refractivity contribution < 1.29 is 0 Å². The molecule has 0 saturated carbocycles. The van der Waals surface area contributed by atoms with E-state index >= 15 is 0 Å². The lowest BCUT2D eigenvalue weighted by atomic mass is 9.98. The van der Waals surface area contributed by atoms with Gasteiger partial charge in [0.2, 0.25) is 0 Å². The van der Waals surface area contributed by atoms with Gasteiger partial charge in [0, 0.05) is 18.6 Å². The van der Waals surface area contributed by atoms with Crippen LogP contribution in [-0.4, -0.2) is 31.1 Å². The van der Waals surface area contributed by atoms with E-state index in [0.29, 0.717) is 18.0 Å². The molecule has 0 amide bonds. The molecule has 0 spiro atoms. The summed E-state index contributed by atoms with van der Waals surface area (Å²) in [7, 11) is 2.24. The highest BCUT2D eigenvalue weighted by Gasteiger charge is 2.16. The average molecular weight is 290 g/mol. The fourth-order valence-corrected chi connectivity index (χ4v) is 2.75. The van der Waals surface area contributed by atoms with E-state index in [-0.39, 0.29) is 0 Å². The summed E-state index contributed by atoms with van der Waals surface area (Å²) >= 11 is 0. The zero-order chi connectivity index (χ0) is 15.8. The van der Waals surface area contributed by atoms with Gasteiger partial charge >= 0.3 is 0 Å². The summed E-state index contributed by atoms with van der Waals surface area (Å²) in [4.78, 5) is 2.48. The minimum atomic E-state index is 0.417. The van der Waals surface area contributed by atoms with E-state index in [1.165, 1.54) is 24.0 Å². The van der Waals surface area contributed by atoms with Crippen molar-refractivity contribution in [2.24, 2.45) is 0 Å². The molecule has 0 saturated heterocycles. The van der Waals surface area contributed by atoms with Gasteiger partial charge < -0.3 is 10.2 Å². The Morgan fingerprint density at radius 3 is 2.05 bits per heavy atom. The Morgan fingerprint density at radius 1 is 1.00 bits per heavy atom. The van der Waals surface area contributed by atoms with Crippen molar-refractivity contribution in [1.82, 2.24) is 10.2 Å². The number of benzene rings is 1. The Hall–Kier alpha value is -0.860. The van der Waals surface area contributed by atoms with Crippen LogP contribution in [-0.2, 0) is 0 Å². The molecule has 0 bridgehead atoms. The predicted octanol–water partition coefficient (Wildman–Crippen LogP) is 4.58. The number of nitrogens with zero attached hydrogens (tertiary/aromatic N) is 1. The summed E-state index contributed by atoms with van der Waals surface area (Å²) < 4.78 is 0. The van der Waals surface area contributed by atoms with Gasteiger partial charge in [0.05, 0.1) is 0 Å². The Morgan fingerprint density at radius 2 is 1.57 bits per heavy atom. The van der Waals surface area contributed by atoms with Crippen LogP contribution in [0, 0.1) is 0 Å². The van der Waals surface area contributed by atoms with Crippen LogP contribution in [0.4, 0.5) is 0 Å². The minimum absolute atomic E-state index is 0.417. The fraction of sp³-hybridized carbons (Fsp3) is 0.684. The molecule has 120 valence electrons. The summed E-state index contributed by atoms with van der Waals surface area (Å²) in [6.07, 6.45) is 2.52. The topological polar surface area (TPSA) is 15.3 Å². The Kier molecular flexibility index (Phi) is 7.98. The van der Waals surface area contributed by atoms with E-state index in [2.05, 4.69) is 76.1 Å². The van der Waals surface area contributed by atoms with Crippen LogP contribution in [0.3, 0.4) is 0 Å². The molecule has 2 heteroatoms. The van der Waals surface area contributed by atoms with Crippen molar-refractivity contribution in [1.29, 1.82) is 0 Å². The number of hydrogen-bond acceptors (Lipinski definition) is 2. The summed E-state index contributed by atoms with van der Waals surface area (Å²) in [6, 6.07) is 10.2. The largest absolute Gasteiger partial charge is 0.309 e. The maximum absolute atomic E-state index is 3.63. The molecule has 21 heavy (non-hydrogen) atoms. The first kappa shape index (κ1) is 18.2. The van der Waals surface area contributed by atoms with Crippen molar-refractivity contribution >= 4 is 0 Å². The molecule has 0 radical (unpaired) electrons. The van der Waals surface area contributed by atoms with Gasteiger partial charge in [0.15, 0.2) is 0 Å². The van der Waals surface area contributed by atoms with Crippen LogP contribution >= 0.6 is 0 Å². The average Bonchev–Trinajstić information content (AvgIpc) is 2.47. The third-order valence-corrected chi connectivity index (χ3v) is 4.39. The van der Waals surface area contributed by atoms with Crippen molar-refractivity contribution in [3.8, 4) is 0 Å². The van der Waals surface area contributed by atoms with Crippen LogP contribution in [0.25, 0.3) is 0 Å². The second-order valence-corrected chi connectivity index (χ2v) is 6.51. The van der Waals surface area contributed by atoms with Gasteiger partial charge in [-0.15, -0.1) is 0 Å². The van der Waals surface area contributed by atoms with Gasteiger partial charge in [0.1, 0.15) is 0 Å². The third kappa shape index (κ3) is 5.80. The molecule has 1 aromatic carbocycles. The van der Waals surface area contributed by atoms with Crippen molar-refractivity contribution in [2.45, 2.75) is 65.5 Å². The lowest BCUT2D eigenvalue weighted by Gasteiger charge is -2.30. The van der Waals surface area contributed by atoms with E-state index in [0.717, 1.165) is 13.1 Å². The van der Waals surface area contributed by atoms with Crippen LogP contribution < -0.4 is 5.32 Å². The predicted molar refractivity (Wildman–Crippen MR) is 93.9 cm³/mol. The Bertz CT molecular complexity index is 383. The van der Waals surface area contributed by atoms with Gasteiger partial charge in [-0.05, 0) is 44.0 Å². The molecular weight excluding hydrogens is 256 g/mol. The van der Waals surface area contributed by atoms with Crippen molar-refractivity contribution in [2.75, 3.05) is 20.1 Å². The maximum Gasteiger partial charge on any atom is 0.0449 e. The monoisotopic (exact) mass is 290 g/mol. The second kappa shape index (κ2) is 9.22. The van der Waals surface area contributed by atoms with Gasteiger partial charge in [0.25, 0.3) is 0 Å². The lowest BCUT2D eigenvalue weighted by molar-refractivity contribution is 0.219. The smallest absolute Gasteiger partial charge is 0.0449 e. The highest BCUT2D eigenvalue weighted by atomic mass is 15.1. The second-order valence-electron chi connectivity index (χ2n) is 6.51. The molecule has 0 aromatic heterocycles. The number of hydrogen-bond donors (Lipinski definition) is 1. The van der Waals surface area contributed by atoms with E-state index in [4.69, 9.17) is 0 Å². The standard InChI is InChI=1S/C19H34N2/c1-7-9-16(5)21(6)14-19(20-8-2)18-12-10-17(11-13-18)15(3)4/h10-13,15-16,19-20H,7-9,14H2,1-6H3. The highest BCUT2D eigenvalue weighted by Crippen LogP contribution is 2.20. The van der Waals surface area contributed by atoms with Crippen LogP contribution in [0.5, 0.6) is 0 Å². The van der Waals surface area contributed by atoms with Crippen LogP contribution in [0.2, 0.25) is 0 Å². The fourth-order valence-electron chi connectivity index (χ4n) is 2.75. The summed E-state index contributed by atoms with van der Waals surface area (Å²) in [5.41, 5.74) is 2.82. The number of nitrogens with one attached hydrogen (secondary N) is 1. The van der Waals surface area contributed by atoms with Crippen LogP contribution in [0.1, 0.15) is 70.5 Å². The number of rotatable bonds is 9. The van der Waals surface area contributed by atoms with Crippen molar-refractivity contribution in [3.05, 3.63) is 35.4 Å². The number of likely N-dealkylation sites (N-methyl/N-ethyl adjacent to an activating group) is 2. The van der Waals surface area contributed by atoms with E-state index in [1.807, 2.05) is 0 Å². The van der Waals surface area contributed by atoms with Gasteiger partial charge in [-0.3, -0.25) is 0 Å². The van der Waals surface area contributed by atoms with Crippen molar-refractivity contribution in [3.63, 3.8) is 0 Å². The molecule has 0 aliphatic heterocycles. The highest BCUT2D eigenvalue weighted by molar-refractivity contribution is 5.27.